The van der Waals surface area contributed by atoms with Gasteiger partial charge in [-0.2, -0.15) is 5.10 Å². The molecule has 2 atom stereocenters. The number of carbonyl (C=O) groups is 1. The molecule has 204 valence electrons. The Bertz CT molecular complexity index is 1700. The summed E-state index contributed by atoms with van der Waals surface area (Å²) in [6, 6.07) is 14.4. The van der Waals surface area contributed by atoms with E-state index in [2.05, 4.69) is 5.10 Å². The number of fused-ring (bicyclic) bond motifs is 2. The van der Waals surface area contributed by atoms with Gasteiger partial charge < -0.3 is 14.6 Å². The van der Waals surface area contributed by atoms with Crippen molar-refractivity contribution < 1.29 is 23.8 Å². The molecule has 4 aromatic rings. The molecule has 2 heterocycles. The van der Waals surface area contributed by atoms with Gasteiger partial charge in [-0.1, -0.05) is 24.3 Å². The Morgan fingerprint density at radius 1 is 1.12 bits per heavy atom. The fourth-order valence-corrected chi connectivity index (χ4v) is 6.08. The Kier molecular flexibility index (Phi) is 6.41. The number of halogens is 1. The summed E-state index contributed by atoms with van der Waals surface area (Å²) < 4.78 is 28.6. The van der Waals surface area contributed by atoms with E-state index in [0.717, 1.165) is 44.5 Å². The minimum absolute atomic E-state index is 0.0116. The predicted octanol–water partition coefficient (Wildman–Crippen LogP) is 5.89. The molecule has 2 aliphatic rings. The Balaban J connectivity index is 1.31. The lowest BCUT2D eigenvalue weighted by Gasteiger charge is -2.19. The zero-order valence-electron chi connectivity index (χ0n) is 22.5. The second kappa shape index (κ2) is 9.93. The topological polar surface area (TPSA) is 90.7 Å². The quantitative estimate of drug-likeness (QED) is 0.328. The summed E-state index contributed by atoms with van der Waals surface area (Å²) in [4.78, 5) is 23.3. The number of hydrogen-bond acceptors (Lipinski definition) is 5. The highest BCUT2D eigenvalue weighted by atomic mass is 19.1. The molecule has 0 saturated heterocycles. The summed E-state index contributed by atoms with van der Waals surface area (Å²) in [6.45, 7) is 4.38. The van der Waals surface area contributed by atoms with Crippen molar-refractivity contribution in [1.82, 2.24) is 9.78 Å². The molecule has 0 fully saturated rings. The summed E-state index contributed by atoms with van der Waals surface area (Å²) in [7, 11) is 1.62. The van der Waals surface area contributed by atoms with Crippen LogP contribution in [0.15, 0.2) is 59.5 Å². The van der Waals surface area contributed by atoms with Gasteiger partial charge in [-0.05, 0) is 72.2 Å². The third kappa shape index (κ3) is 4.53. The van der Waals surface area contributed by atoms with Crippen molar-refractivity contribution in [3.8, 4) is 33.8 Å². The number of aliphatic carboxylic acids is 1. The Labute approximate surface area is 230 Å². The molecule has 7 nitrogen and oxygen atoms in total. The van der Waals surface area contributed by atoms with Crippen molar-refractivity contribution in [2.45, 2.75) is 45.1 Å². The Hall–Kier alpha value is -4.46. The van der Waals surface area contributed by atoms with Gasteiger partial charge in [0.1, 0.15) is 23.4 Å². The largest absolute Gasteiger partial charge is 0.492 e. The monoisotopic (exact) mass is 540 g/mol. The standard InChI is InChI=1S/C32H29FN2O5/c1-17-10-19(20-12-29(36)35(3)34-15-20)11-18(2)31(17)24-6-8-26(33)32-25(24)7-9-27(32)40-22-4-5-23-21(13-30(37)38)16-39-28(23)14-22/h4-6,8,10-12,14-15,21,27H,7,9,13,16H2,1-3H3,(H,37,38)/t21?,27-/m1/s1. The fourth-order valence-electron chi connectivity index (χ4n) is 6.08. The molecule has 0 radical (unpaired) electrons. The van der Waals surface area contributed by atoms with Crippen molar-refractivity contribution in [1.29, 1.82) is 0 Å². The van der Waals surface area contributed by atoms with Crippen LogP contribution < -0.4 is 15.0 Å². The van der Waals surface area contributed by atoms with Crippen LogP contribution in [0, 0.1) is 19.7 Å². The van der Waals surface area contributed by atoms with Gasteiger partial charge >= 0.3 is 5.97 Å². The van der Waals surface area contributed by atoms with E-state index in [1.807, 2.05) is 38.1 Å². The van der Waals surface area contributed by atoms with E-state index in [1.54, 1.807) is 31.4 Å². The number of aryl methyl sites for hydroxylation is 3. The molecular weight excluding hydrogens is 511 g/mol. The van der Waals surface area contributed by atoms with Crippen molar-refractivity contribution in [2.75, 3.05) is 6.61 Å². The number of ether oxygens (including phenoxy) is 2. The highest BCUT2D eigenvalue weighted by molar-refractivity contribution is 5.79. The van der Waals surface area contributed by atoms with E-state index in [1.165, 1.54) is 10.7 Å². The highest BCUT2D eigenvalue weighted by Gasteiger charge is 2.32. The first kappa shape index (κ1) is 25.8. The number of hydrogen-bond donors (Lipinski definition) is 1. The van der Waals surface area contributed by atoms with E-state index in [4.69, 9.17) is 14.6 Å². The van der Waals surface area contributed by atoms with Crippen LogP contribution in [0.5, 0.6) is 11.5 Å². The maximum Gasteiger partial charge on any atom is 0.304 e. The second-order valence-electron chi connectivity index (χ2n) is 10.6. The van der Waals surface area contributed by atoms with Gasteiger partial charge in [0.15, 0.2) is 0 Å². The van der Waals surface area contributed by atoms with E-state index < -0.39 is 12.1 Å². The molecule has 0 spiro atoms. The average Bonchev–Trinajstić information content (AvgIpc) is 3.51. The van der Waals surface area contributed by atoms with Gasteiger partial charge in [-0.15, -0.1) is 0 Å². The molecule has 1 aromatic heterocycles. The molecule has 0 saturated carbocycles. The van der Waals surface area contributed by atoms with Crippen LogP contribution >= 0.6 is 0 Å². The minimum Gasteiger partial charge on any atom is -0.492 e. The smallest absolute Gasteiger partial charge is 0.304 e. The molecule has 3 aromatic carbocycles. The zero-order valence-corrected chi connectivity index (χ0v) is 22.5. The highest BCUT2D eigenvalue weighted by Crippen LogP contribution is 2.45. The third-order valence-corrected chi connectivity index (χ3v) is 7.95. The number of carboxylic acid groups (broad SMARTS) is 1. The third-order valence-electron chi connectivity index (χ3n) is 7.95. The first-order valence-electron chi connectivity index (χ1n) is 13.3. The summed E-state index contributed by atoms with van der Waals surface area (Å²) in [5, 5.41) is 13.3. The lowest BCUT2D eigenvalue weighted by atomic mass is 9.88. The summed E-state index contributed by atoms with van der Waals surface area (Å²) >= 11 is 0. The molecule has 1 unspecified atom stereocenters. The van der Waals surface area contributed by atoms with Crippen LogP contribution in [0.1, 0.15) is 52.7 Å². The number of carboxylic acids is 1. The number of rotatable bonds is 6. The first-order valence-corrected chi connectivity index (χ1v) is 13.3. The predicted molar refractivity (Wildman–Crippen MR) is 148 cm³/mol. The maximum absolute atomic E-state index is 15.3. The molecule has 1 aliphatic heterocycles. The molecule has 6 rings (SSSR count). The molecule has 8 heteroatoms. The normalized spacial score (nSPS) is 17.3. The molecule has 1 aliphatic carbocycles. The van der Waals surface area contributed by atoms with E-state index in [9.17, 15) is 9.59 Å². The SMILES string of the molecule is Cc1cc(-c2cnn(C)c(=O)c2)cc(C)c1-c1ccc(F)c2c1CC[C@H]2Oc1ccc2c(c1)OCC2CC(=O)O. The number of aromatic nitrogens is 2. The van der Waals surface area contributed by atoms with Crippen molar-refractivity contribution >= 4 is 5.97 Å². The zero-order chi connectivity index (χ0) is 28.1. The van der Waals surface area contributed by atoms with Gasteiger partial charge in [0.25, 0.3) is 5.56 Å². The number of benzene rings is 3. The lowest BCUT2D eigenvalue weighted by Crippen LogP contribution is -2.17. The van der Waals surface area contributed by atoms with Crippen molar-refractivity contribution in [3.05, 3.63) is 98.7 Å². The summed E-state index contributed by atoms with van der Waals surface area (Å²) in [6.07, 6.45) is 2.56. The summed E-state index contributed by atoms with van der Waals surface area (Å²) in [5.41, 5.74) is 7.96. The van der Waals surface area contributed by atoms with Gasteiger partial charge in [0.2, 0.25) is 0 Å². The van der Waals surface area contributed by atoms with Crippen LogP contribution in [0.25, 0.3) is 22.3 Å². The van der Waals surface area contributed by atoms with Gasteiger partial charge in [-0.25, -0.2) is 9.07 Å². The van der Waals surface area contributed by atoms with Crippen LogP contribution in [0.4, 0.5) is 4.39 Å². The molecular formula is C32H29FN2O5. The summed E-state index contributed by atoms with van der Waals surface area (Å²) in [5.74, 6) is -0.155. The first-order chi connectivity index (χ1) is 19.2. The Morgan fingerprint density at radius 3 is 2.62 bits per heavy atom. The van der Waals surface area contributed by atoms with Crippen molar-refractivity contribution in [2.24, 2.45) is 7.05 Å². The Morgan fingerprint density at radius 2 is 1.90 bits per heavy atom. The second-order valence-corrected chi connectivity index (χ2v) is 10.6. The fraction of sp³-hybridized carbons (Fsp3) is 0.281. The molecule has 1 N–H and O–H groups in total. The van der Waals surface area contributed by atoms with E-state index >= 15 is 4.39 Å². The van der Waals surface area contributed by atoms with Crippen molar-refractivity contribution in [3.63, 3.8) is 0 Å². The lowest BCUT2D eigenvalue weighted by molar-refractivity contribution is -0.137. The molecule has 0 amide bonds. The average molecular weight is 541 g/mol. The molecule has 40 heavy (non-hydrogen) atoms. The maximum atomic E-state index is 15.3. The van der Waals surface area contributed by atoms with Crippen LogP contribution in [0.3, 0.4) is 0 Å². The van der Waals surface area contributed by atoms with Crippen LogP contribution in [-0.4, -0.2) is 27.5 Å². The van der Waals surface area contributed by atoms with E-state index in [-0.39, 0.29) is 23.7 Å². The van der Waals surface area contributed by atoms with E-state index in [0.29, 0.717) is 36.5 Å². The van der Waals surface area contributed by atoms with Gasteiger partial charge in [-0.3, -0.25) is 9.59 Å². The van der Waals surface area contributed by atoms with Gasteiger partial charge in [0.05, 0.1) is 19.2 Å². The van der Waals surface area contributed by atoms with Crippen LogP contribution in [0.2, 0.25) is 0 Å². The van der Waals surface area contributed by atoms with Crippen LogP contribution in [-0.2, 0) is 18.3 Å². The molecule has 0 bridgehead atoms. The number of nitrogens with zero attached hydrogens (tertiary/aromatic N) is 2. The van der Waals surface area contributed by atoms with Gasteiger partial charge in [0, 0.05) is 41.8 Å². The minimum atomic E-state index is -0.862.